The van der Waals surface area contributed by atoms with Crippen molar-refractivity contribution < 1.29 is 4.39 Å². The monoisotopic (exact) mass is 159 g/mol. The molecule has 0 bridgehead atoms. The molecule has 0 radical (unpaired) electrons. The number of halogens is 2. The predicted molar refractivity (Wildman–Crippen MR) is 40.7 cm³/mol. The number of hydrogen-bond acceptors (Lipinski definition) is 1. The van der Waals surface area contributed by atoms with Gasteiger partial charge in [0.15, 0.2) is 0 Å². The molecule has 0 aliphatic heterocycles. The zero-order valence-corrected chi connectivity index (χ0v) is 6.03. The third-order valence-corrected chi connectivity index (χ3v) is 1.58. The SMILES string of the molecule is Nc1ccc(Cl)c(CF)c1. The van der Waals surface area contributed by atoms with Crippen LogP contribution in [0.25, 0.3) is 0 Å². The molecule has 0 amide bonds. The van der Waals surface area contributed by atoms with Gasteiger partial charge in [0, 0.05) is 16.3 Å². The molecule has 0 spiro atoms. The van der Waals surface area contributed by atoms with Gasteiger partial charge in [-0.25, -0.2) is 4.39 Å². The lowest BCUT2D eigenvalue weighted by Gasteiger charge is -1.98. The molecule has 0 atom stereocenters. The zero-order valence-electron chi connectivity index (χ0n) is 5.27. The third kappa shape index (κ3) is 1.39. The Morgan fingerprint density at radius 2 is 2.20 bits per heavy atom. The lowest BCUT2D eigenvalue weighted by Crippen LogP contribution is -1.87. The van der Waals surface area contributed by atoms with Crippen LogP contribution in [0.3, 0.4) is 0 Å². The van der Waals surface area contributed by atoms with E-state index >= 15 is 0 Å². The summed E-state index contributed by atoms with van der Waals surface area (Å²) >= 11 is 5.60. The zero-order chi connectivity index (χ0) is 7.56. The van der Waals surface area contributed by atoms with Crippen LogP contribution in [0.15, 0.2) is 18.2 Å². The Kier molecular flexibility index (Phi) is 2.12. The second-order valence-electron chi connectivity index (χ2n) is 1.98. The Bertz CT molecular complexity index is 237. The fraction of sp³-hybridized carbons (Fsp3) is 0.143. The van der Waals surface area contributed by atoms with Gasteiger partial charge in [0.1, 0.15) is 6.67 Å². The number of anilines is 1. The van der Waals surface area contributed by atoms with Gasteiger partial charge in [0.2, 0.25) is 0 Å². The largest absolute Gasteiger partial charge is 0.399 e. The molecule has 1 aromatic carbocycles. The van der Waals surface area contributed by atoms with Gasteiger partial charge in [-0.3, -0.25) is 0 Å². The Balaban J connectivity index is 3.09. The number of rotatable bonds is 1. The molecule has 0 saturated heterocycles. The van der Waals surface area contributed by atoms with Crippen molar-refractivity contribution >= 4 is 17.3 Å². The molecule has 0 heterocycles. The molecule has 1 nitrogen and oxygen atoms in total. The van der Waals surface area contributed by atoms with Crippen molar-refractivity contribution in [2.75, 3.05) is 5.73 Å². The molecule has 2 N–H and O–H groups in total. The molecule has 0 fully saturated rings. The van der Waals surface area contributed by atoms with Crippen LogP contribution in [-0.2, 0) is 6.67 Å². The number of hydrogen-bond donors (Lipinski definition) is 1. The smallest absolute Gasteiger partial charge is 0.116 e. The van der Waals surface area contributed by atoms with E-state index in [1.54, 1.807) is 12.1 Å². The Morgan fingerprint density at radius 1 is 1.50 bits per heavy atom. The Labute approximate surface area is 63.6 Å². The number of benzene rings is 1. The van der Waals surface area contributed by atoms with Gasteiger partial charge in [-0.1, -0.05) is 11.6 Å². The quantitative estimate of drug-likeness (QED) is 0.626. The molecule has 54 valence electrons. The fourth-order valence-corrected chi connectivity index (χ4v) is 0.865. The molecule has 0 saturated carbocycles. The summed E-state index contributed by atoms with van der Waals surface area (Å²) in [7, 11) is 0. The minimum atomic E-state index is -0.566. The van der Waals surface area contributed by atoms with Gasteiger partial charge in [-0.05, 0) is 18.2 Å². The molecule has 0 aliphatic carbocycles. The van der Waals surface area contributed by atoms with E-state index in [0.29, 0.717) is 16.3 Å². The van der Waals surface area contributed by atoms with Gasteiger partial charge >= 0.3 is 0 Å². The molecular weight excluding hydrogens is 153 g/mol. The maximum atomic E-state index is 12.0. The summed E-state index contributed by atoms with van der Waals surface area (Å²) < 4.78 is 12.0. The van der Waals surface area contributed by atoms with Crippen molar-refractivity contribution in [2.45, 2.75) is 6.67 Å². The molecule has 0 aliphatic rings. The van der Waals surface area contributed by atoms with Gasteiger partial charge in [-0.2, -0.15) is 0 Å². The number of nitrogen functional groups attached to an aromatic ring is 1. The van der Waals surface area contributed by atoms with E-state index in [-0.39, 0.29) is 0 Å². The van der Waals surface area contributed by atoms with Crippen LogP contribution in [-0.4, -0.2) is 0 Å². The van der Waals surface area contributed by atoms with Crippen LogP contribution >= 0.6 is 11.6 Å². The summed E-state index contributed by atoms with van der Waals surface area (Å²) in [6.45, 7) is -0.566. The average molecular weight is 160 g/mol. The lowest BCUT2D eigenvalue weighted by molar-refractivity contribution is 0.485. The normalized spacial score (nSPS) is 9.80. The van der Waals surface area contributed by atoms with Crippen LogP contribution in [0.4, 0.5) is 10.1 Å². The van der Waals surface area contributed by atoms with Gasteiger partial charge in [-0.15, -0.1) is 0 Å². The topological polar surface area (TPSA) is 26.0 Å². The molecular formula is C7H7ClFN. The van der Waals surface area contributed by atoms with E-state index in [9.17, 15) is 4.39 Å². The third-order valence-electron chi connectivity index (χ3n) is 1.21. The first kappa shape index (κ1) is 7.35. The van der Waals surface area contributed by atoms with Crippen molar-refractivity contribution in [3.8, 4) is 0 Å². The van der Waals surface area contributed by atoms with Crippen LogP contribution in [0.1, 0.15) is 5.56 Å². The molecule has 1 aromatic rings. The van der Waals surface area contributed by atoms with Crippen molar-refractivity contribution in [2.24, 2.45) is 0 Å². The van der Waals surface area contributed by atoms with E-state index < -0.39 is 6.67 Å². The molecule has 10 heavy (non-hydrogen) atoms. The highest BCUT2D eigenvalue weighted by atomic mass is 35.5. The second kappa shape index (κ2) is 2.88. The van der Waals surface area contributed by atoms with Crippen LogP contribution in [0, 0.1) is 0 Å². The average Bonchev–Trinajstić information content (AvgIpc) is 1.94. The van der Waals surface area contributed by atoms with E-state index in [2.05, 4.69) is 0 Å². The minimum Gasteiger partial charge on any atom is -0.399 e. The first-order valence-corrected chi connectivity index (χ1v) is 3.21. The van der Waals surface area contributed by atoms with Crippen molar-refractivity contribution in [1.82, 2.24) is 0 Å². The standard InChI is InChI=1S/C7H7ClFN/c8-7-2-1-6(10)3-5(7)4-9/h1-3H,4,10H2. The molecule has 0 aromatic heterocycles. The minimum absolute atomic E-state index is 0.428. The molecule has 1 rings (SSSR count). The van der Waals surface area contributed by atoms with Crippen molar-refractivity contribution in [3.05, 3.63) is 28.8 Å². The first-order valence-electron chi connectivity index (χ1n) is 2.84. The number of nitrogens with two attached hydrogens (primary N) is 1. The van der Waals surface area contributed by atoms with E-state index in [4.69, 9.17) is 17.3 Å². The molecule has 3 heteroatoms. The van der Waals surface area contributed by atoms with E-state index in [1.807, 2.05) is 0 Å². The summed E-state index contributed by atoms with van der Waals surface area (Å²) in [4.78, 5) is 0. The second-order valence-corrected chi connectivity index (χ2v) is 2.39. The Hall–Kier alpha value is -0.760. The van der Waals surface area contributed by atoms with Crippen molar-refractivity contribution in [3.63, 3.8) is 0 Å². The predicted octanol–water partition coefficient (Wildman–Crippen LogP) is 2.39. The fourth-order valence-electron chi connectivity index (χ4n) is 0.697. The first-order chi connectivity index (χ1) is 4.74. The van der Waals surface area contributed by atoms with Crippen LogP contribution in [0.5, 0.6) is 0 Å². The maximum Gasteiger partial charge on any atom is 0.116 e. The highest BCUT2D eigenvalue weighted by Gasteiger charge is 1.98. The van der Waals surface area contributed by atoms with E-state index in [1.165, 1.54) is 6.07 Å². The van der Waals surface area contributed by atoms with Crippen molar-refractivity contribution in [1.29, 1.82) is 0 Å². The summed E-state index contributed by atoms with van der Waals surface area (Å²) in [5.74, 6) is 0. The highest BCUT2D eigenvalue weighted by Crippen LogP contribution is 2.19. The maximum absolute atomic E-state index is 12.0. The summed E-state index contributed by atoms with van der Waals surface area (Å²) in [6, 6.07) is 4.76. The summed E-state index contributed by atoms with van der Waals surface area (Å²) in [5, 5.41) is 0.428. The van der Waals surface area contributed by atoms with Crippen LogP contribution < -0.4 is 5.73 Å². The van der Waals surface area contributed by atoms with Gasteiger partial charge in [0.05, 0.1) is 0 Å². The number of alkyl halides is 1. The van der Waals surface area contributed by atoms with Gasteiger partial charge < -0.3 is 5.73 Å². The highest BCUT2D eigenvalue weighted by molar-refractivity contribution is 6.31. The molecule has 0 unspecified atom stereocenters. The summed E-state index contributed by atoms with van der Waals surface area (Å²) in [6.07, 6.45) is 0. The van der Waals surface area contributed by atoms with E-state index in [0.717, 1.165) is 0 Å². The van der Waals surface area contributed by atoms with Gasteiger partial charge in [0.25, 0.3) is 0 Å². The Morgan fingerprint density at radius 3 is 2.70 bits per heavy atom. The van der Waals surface area contributed by atoms with Crippen LogP contribution in [0.2, 0.25) is 5.02 Å². The summed E-state index contributed by atoms with van der Waals surface area (Å²) in [5.41, 5.74) is 6.36. The lowest BCUT2D eigenvalue weighted by atomic mass is 10.2.